The lowest BCUT2D eigenvalue weighted by atomic mass is 9.91. The maximum Gasteiger partial charge on any atom is 0.124 e. The number of nitrogen functional groups attached to an aromatic ring is 1. The van der Waals surface area contributed by atoms with Gasteiger partial charge in [0.2, 0.25) is 0 Å². The summed E-state index contributed by atoms with van der Waals surface area (Å²) in [5, 5.41) is 3.63. The number of ether oxygens (including phenoxy) is 1. The number of nitrogens with one attached hydrogen (secondary N) is 1. The summed E-state index contributed by atoms with van der Waals surface area (Å²) in [7, 11) is 0. The summed E-state index contributed by atoms with van der Waals surface area (Å²) in [5.74, 6) is 1.58. The molecular formula is C14H20N2O. The van der Waals surface area contributed by atoms with Crippen molar-refractivity contribution in [1.29, 1.82) is 0 Å². The highest BCUT2D eigenvalue weighted by molar-refractivity contribution is 5.49. The van der Waals surface area contributed by atoms with E-state index in [2.05, 4.69) is 11.4 Å². The number of hydrogen-bond acceptors (Lipinski definition) is 3. The van der Waals surface area contributed by atoms with Crippen molar-refractivity contribution in [2.24, 2.45) is 5.92 Å². The topological polar surface area (TPSA) is 47.3 Å². The molecule has 1 aromatic rings. The molecule has 1 aliphatic heterocycles. The molecule has 1 aliphatic carbocycles. The van der Waals surface area contributed by atoms with Crippen LogP contribution in [-0.2, 0) is 6.42 Å². The van der Waals surface area contributed by atoms with Gasteiger partial charge in [0.05, 0.1) is 6.61 Å². The van der Waals surface area contributed by atoms with Gasteiger partial charge in [0, 0.05) is 30.3 Å². The fourth-order valence-corrected chi connectivity index (χ4v) is 2.53. The number of fused-ring (bicyclic) bond motifs is 1. The van der Waals surface area contributed by atoms with Crippen LogP contribution in [0.25, 0.3) is 0 Å². The number of rotatable bonds is 3. The smallest absolute Gasteiger partial charge is 0.124 e. The molecule has 2 aliphatic rings. The first-order chi connectivity index (χ1) is 8.31. The zero-order chi connectivity index (χ0) is 11.7. The fourth-order valence-electron chi connectivity index (χ4n) is 2.53. The molecule has 0 bridgehead atoms. The highest BCUT2D eigenvalue weighted by Crippen LogP contribution is 2.29. The summed E-state index contributed by atoms with van der Waals surface area (Å²) in [6.07, 6.45) is 5.19. The van der Waals surface area contributed by atoms with Crippen LogP contribution in [0.1, 0.15) is 24.8 Å². The number of nitrogens with two attached hydrogens (primary N) is 1. The third-order valence-electron chi connectivity index (χ3n) is 3.87. The lowest BCUT2D eigenvalue weighted by Crippen LogP contribution is -2.40. The zero-order valence-electron chi connectivity index (χ0n) is 10.1. The Morgan fingerprint density at radius 1 is 1.35 bits per heavy atom. The SMILES string of the molecule is Nc1ccc2c(c1)OCC(CNC1CCC1)C2. The van der Waals surface area contributed by atoms with Gasteiger partial charge in [-0.1, -0.05) is 12.5 Å². The quantitative estimate of drug-likeness (QED) is 0.783. The van der Waals surface area contributed by atoms with E-state index in [4.69, 9.17) is 10.5 Å². The van der Waals surface area contributed by atoms with Gasteiger partial charge in [0.15, 0.2) is 0 Å². The summed E-state index contributed by atoms with van der Waals surface area (Å²) >= 11 is 0. The molecule has 0 aromatic heterocycles. The van der Waals surface area contributed by atoms with Crippen LogP contribution in [0.5, 0.6) is 5.75 Å². The van der Waals surface area contributed by atoms with E-state index in [1.54, 1.807) is 0 Å². The molecule has 0 amide bonds. The Kier molecular flexibility index (Phi) is 2.93. The van der Waals surface area contributed by atoms with Gasteiger partial charge in [0.25, 0.3) is 0 Å². The van der Waals surface area contributed by atoms with Crippen molar-refractivity contribution in [3.05, 3.63) is 23.8 Å². The van der Waals surface area contributed by atoms with Crippen molar-refractivity contribution in [1.82, 2.24) is 5.32 Å². The molecule has 0 saturated heterocycles. The maximum atomic E-state index is 5.78. The molecule has 92 valence electrons. The normalized spacial score (nSPS) is 23.6. The second-order valence-corrected chi connectivity index (χ2v) is 5.28. The van der Waals surface area contributed by atoms with E-state index >= 15 is 0 Å². The Balaban J connectivity index is 1.58. The Morgan fingerprint density at radius 3 is 3.00 bits per heavy atom. The van der Waals surface area contributed by atoms with Crippen LogP contribution < -0.4 is 15.8 Å². The van der Waals surface area contributed by atoms with Gasteiger partial charge in [0.1, 0.15) is 5.75 Å². The average molecular weight is 232 g/mol. The van der Waals surface area contributed by atoms with E-state index < -0.39 is 0 Å². The minimum Gasteiger partial charge on any atom is -0.493 e. The van der Waals surface area contributed by atoms with E-state index in [-0.39, 0.29) is 0 Å². The second-order valence-electron chi connectivity index (χ2n) is 5.28. The highest BCUT2D eigenvalue weighted by atomic mass is 16.5. The Bertz CT molecular complexity index is 401. The molecule has 0 spiro atoms. The van der Waals surface area contributed by atoms with Crippen LogP contribution >= 0.6 is 0 Å². The third kappa shape index (κ3) is 2.39. The molecule has 3 nitrogen and oxygen atoms in total. The first kappa shape index (κ1) is 10.9. The summed E-state index contributed by atoms with van der Waals surface area (Å²) in [5.41, 5.74) is 7.83. The number of benzene rings is 1. The summed E-state index contributed by atoms with van der Waals surface area (Å²) in [6.45, 7) is 1.89. The van der Waals surface area contributed by atoms with E-state index in [0.717, 1.165) is 37.1 Å². The van der Waals surface area contributed by atoms with Gasteiger partial charge >= 0.3 is 0 Å². The molecule has 3 heteroatoms. The number of anilines is 1. The van der Waals surface area contributed by atoms with Crippen LogP contribution in [0.4, 0.5) is 5.69 Å². The predicted octanol–water partition coefficient (Wildman–Crippen LogP) is 1.96. The van der Waals surface area contributed by atoms with Crippen molar-refractivity contribution >= 4 is 5.69 Å². The summed E-state index contributed by atoms with van der Waals surface area (Å²) in [4.78, 5) is 0. The third-order valence-corrected chi connectivity index (χ3v) is 3.87. The molecule has 1 atom stereocenters. The van der Waals surface area contributed by atoms with Gasteiger partial charge in [-0.2, -0.15) is 0 Å². The van der Waals surface area contributed by atoms with Crippen LogP contribution in [0.2, 0.25) is 0 Å². The maximum absolute atomic E-state index is 5.78. The van der Waals surface area contributed by atoms with Gasteiger partial charge in [-0.25, -0.2) is 0 Å². The first-order valence-electron chi connectivity index (χ1n) is 6.56. The molecule has 1 fully saturated rings. The molecule has 1 saturated carbocycles. The lowest BCUT2D eigenvalue weighted by molar-refractivity contribution is 0.205. The molecule has 1 unspecified atom stereocenters. The van der Waals surface area contributed by atoms with Gasteiger partial charge in [-0.15, -0.1) is 0 Å². The first-order valence-corrected chi connectivity index (χ1v) is 6.56. The summed E-state index contributed by atoms with van der Waals surface area (Å²) in [6, 6.07) is 6.76. The van der Waals surface area contributed by atoms with E-state index in [9.17, 15) is 0 Å². The van der Waals surface area contributed by atoms with Gasteiger partial charge in [-0.3, -0.25) is 0 Å². The molecule has 0 radical (unpaired) electrons. The van der Waals surface area contributed by atoms with Crippen LogP contribution in [0, 0.1) is 5.92 Å². The van der Waals surface area contributed by atoms with Crippen molar-refractivity contribution in [2.45, 2.75) is 31.7 Å². The zero-order valence-corrected chi connectivity index (χ0v) is 10.1. The fraction of sp³-hybridized carbons (Fsp3) is 0.571. The van der Waals surface area contributed by atoms with E-state index in [0.29, 0.717) is 5.92 Å². The number of hydrogen-bond donors (Lipinski definition) is 2. The molecule has 1 heterocycles. The van der Waals surface area contributed by atoms with E-state index in [1.807, 2.05) is 12.1 Å². The minimum atomic E-state index is 0.603. The molecule has 3 rings (SSSR count). The average Bonchev–Trinajstić information content (AvgIpc) is 2.27. The minimum absolute atomic E-state index is 0.603. The van der Waals surface area contributed by atoms with Crippen LogP contribution in [0.3, 0.4) is 0 Å². The standard InChI is InChI=1S/C14H20N2O/c15-12-5-4-11-6-10(9-17-14(11)7-12)8-16-13-2-1-3-13/h4-5,7,10,13,16H,1-3,6,8-9,15H2. The molecule has 1 aromatic carbocycles. The Morgan fingerprint density at radius 2 is 2.24 bits per heavy atom. The summed E-state index contributed by atoms with van der Waals surface area (Å²) < 4.78 is 5.78. The van der Waals surface area contributed by atoms with Gasteiger partial charge < -0.3 is 15.8 Å². The van der Waals surface area contributed by atoms with Crippen molar-refractivity contribution in [2.75, 3.05) is 18.9 Å². The van der Waals surface area contributed by atoms with Gasteiger partial charge in [-0.05, 0) is 30.9 Å². The molecular weight excluding hydrogens is 212 g/mol. The second kappa shape index (κ2) is 4.57. The van der Waals surface area contributed by atoms with Crippen molar-refractivity contribution < 1.29 is 4.74 Å². The van der Waals surface area contributed by atoms with Crippen molar-refractivity contribution in [3.8, 4) is 5.75 Å². The van der Waals surface area contributed by atoms with Crippen molar-refractivity contribution in [3.63, 3.8) is 0 Å². The highest BCUT2D eigenvalue weighted by Gasteiger charge is 2.22. The van der Waals surface area contributed by atoms with Crippen LogP contribution in [-0.4, -0.2) is 19.2 Å². The lowest BCUT2D eigenvalue weighted by Gasteiger charge is -2.31. The predicted molar refractivity (Wildman–Crippen MR) is 69.2 cm³/mol. The molecule has 3 N–H and O–H groups in total. The monoisotopic (exact) mass is 232 g/mol. The van der Waals surface area contributed by atoms with E-state index in [1.165, 1.54) is 24.8 Å². The largest absolute Gasteiger partial charge is 0.493 e. The Hall–Kier alpha value is -1.22. The Labute approximate surface area is 102 Å². The van der Waals surface area contributed by atoms with Crippen LogP contribution in [0.15, 0.2) is 18.2 Å². The molecule has 17 heavy (non-hydrogen) atoms.